The molecule has 2 aliphatic rings. The number of hydrogen-bond acceptors (Lipinski definition) is 8. The number of piperazine rings is 1. The van der Waals surface area contributed by atoms with Gasteiger partial charge in [0, 0.05) is 50.4 Å². The monoisotopic (exact) mass is 637 g/mol. The zero-order valence-electron chi connectivity index (χ0n) is 25.1. The summed E-state index contributed by atoms with van der Waals surface area (Å²) >= 11 is 0. The van der Waals surface area contributed by atoms with E-state index in [2.05, 4.69) is 20.9 Å². The molecule has 242 valence electrons. The van der Waals surface area contributed by atoms with Gasteiger partial charge in [-0.15, -0.1) is 0 Å². The van der Waals surface area contributed by atoms with Gasteiger partial charge in [-0.3, -0.25) is 9.78 Å². The summed E-state index contributed by atoms with van der Waals surface area (Å²) in [5.74, 6) is -2.35. The molecular formula is C30H41F2N5O6S. The lowest BCUT2D eigenvalue weighted by Gasteiger charge is -2.36. The van der Waals surface area contributed by atoms with Gasteiger partial charge in [0.1, 0.15) is 17.7 Å². The molecule has 2 amide bonds. The van der Waals surface area contributed by atoms with E-state index >= 15 is 4.39 Å². The first-order chi connectivity index (χ1) is 21.1. The fraction of sp³-hybridized carbons (Fsp3) is 0.567. The lowest BCUT2D eigenvalue weighted by molar-refractivity contribution is -0.119. The number of hydrogen-bond donors (Lipinski definition) is 3. The number of carbonyl (C=O) groups excluding carboxylic acids is 2. The maximum Gasteiger partial charge on any atom is 0.407 e. The fourth-order valence-corrected chi connectivity index (χ4v) is 7.83. The second-order valence-corrected chi connectivity index (χ2v) is 13.1. The minimum absolute atomic E-state index is 0.0331. The van der Waals surface area contributed by atoms with Crippen LogP contribution in [0.15, 0.2) is 36.7 Å². The Morgan fingerprint density at radius 2 is 1.91 bits per heavy atom. The smallest absolute Gasteiger partial charge is 0.407 e. The molecular weight excluding hydrogens is 596 g/mol. The van der Waals surface area contributed by atoms with E-state index in [-0.39, 0.29) is 35.4 Å². The second-order valence-electron chi connectivity index (χ2n) is 11.1. The molecule has 4 rings (SSSR count). The highest BCUT2D eigenvalue weighted by Gasteiger charge is 2.38. The summed E-state index contributed by atoms with van der Waals surface area (Å²) in [6, 6.07) is 4.22. The van der Waals surface area contributed by atoms with Crippen LogP contribution in [0.3, 0.4) is 0 Å². The summed E-state index contributed by atoms with van der Waals surface area (Å²) in [7, 11) is -2.28. The number of carbonyl (C=O) groups is 2. The normalized spacial score (nSPS) is 19.6. The maximum absolute atomic E-state index is 15.2. The summed E-state index contributed by atoms with van der Waals surface area (Å²) in [6.07, 6.45) is 3.68. The second kappa shape index (κ2) is 15.7. The van der Waals surface area contributed by atoms with Crippen molar-refractivity contribution in [1.82, 2.24) is 19.9 Å². The molecule has 3 atom stereocenters. The quantitative estimate of drug-likeness (QED) is 0.323. The molecule has 11 nitrogen and oxygen atoms in total. The van der Waals surface area contributed by atoms with Crippen LogP contribution in [0.25, 0.3) is 0 Å². The van der Waals surface area contributed by atoms with Gasteiger partial charge in [-0.25, -0.2) is 22.0 Å². The van der Waals surface area contributed by atoms with Gasteiger partial charge < -0.3 is 25.4 Å². The number of aromatic nitrogens is 1. The number of rotatable bonds is 12. The molecule has 1 aromatic heterocycles. The van der Waals surface area contributed by atoms with Crippen molar-refractivity contribution in [3.63, 3.8) is 0 Å². The standard InChI is InChI=1S/C30H41F2N5O6S/c1-3-16-44(40,41)37-13-12-33-17-23(37)8-9-24-25(32)18-34-19-26(24)35-29(38)28(36-30(39)42-2)27(21-10-14-43-15-11-21)20-4-6-22(31)7-5-20/h4-7,18-19,21,23,27-28,33H,3,8-17H2,1-2H3,(H,35,38)(H,36,39)/t23-,27?,28-/m0/s1. The van der Waals surface area contributed by atoms with Crippen LogP contribution >= 0.6 is 0 Å². The van der Waals surface area contributed by atoms with Gasteiger partial charge >= 0.3 is 6.09 Å². The van der Waals surface area contributed by atoms with Gasteiger partial charge in [0.25, 0.3) is 0 Å². The summed E-state index contributed by atoms with van der Waals surface area (Å²) in [5.41, 5.74) is 0.932. The third-order valence-corrected chi connectivity index (χ3v) is 10.4. The van der Waals surface area contributed by atoms with E-state index in [4.69, 9.17) is 9.47 Å². The van der Waals surface area contributed by atoms with E-state index in [1.165, 1.54) is 29.7 Å². The molecule has 2 aromatic rings. The molecule has 3 heterocycles. The van der Waals surface area contributed by atoms with Crippen molar-refractivity contribution < 1.29 is 36.3 Å². The number of amides is 2. The molecule has 0 spiro atoms. The summed E-state index contributed by atoms with van der Waals surface area (Å²) in [6.45, 7) is 4.02. The Morgan fingerprint density at radius 1 is 1.18 bits per heavy atom. The Balaban J connectivity index is 1.61. The highest BCUT2D eigenvalue weighted by atomic mass is 32.2. The zero-order valence-corrected chi connectivity index (χ0v) is 25.9. The first-order valence-corrected chi connectivity index (χ1v) is 16.6. The molecule has 3 N–H and O–H groups in total. The van der Waals surface area contributed by atoms with Crippen LogP contribution in [0.1, 0.15) is 49.7 Å². The van der Waals surface area contributed by atoms with Gasteiger partial charge in [0.2, 0.25) is 15.9 Å². The number of benzene rings is 1. The van der Waals surface area contributed by atoms with E-state index in [0.717, 1.165) is 6.20 Å². The van der Waals surface area contributed by atoms with Crippen LogP contribution in [0.2, 0.25) is 0 Å². The van der Waals surface area contributed by atoms with Crippen molar-refractivity contribution in [2.45, 2.75) is 57.0 Å². The van der Waals surface area contributed by atoms with Crippen molar-refractivity contribution in [3.05, 3.63) is 59.4 Å². The van der Waals surface area contributed by atoms with E-state index in [0.29, 0.717) is 64.1 Å². The lowest BCUT2D eigenvalue weighted by Crippen LogP contribution is -2.54. The van der Waals surface area contributed by atoms with Crippen LogP contribution < -0.4 is 16.0 Å². The number of anilines is 1. The predicted octanol–water partition coefficient (Wildman–Crippen LogP) is 3.18. The summed E-state index contributed by atoms with van der Waals surface area (Å²) in [4.78, 5) is 30.4. The van der Waals surface area contributed by atoms with Crippen LogP contribution in [0, 0.1) is 17.6 Å². The highest BCUT2D eigenvalue weighted by molar-refractivity contribution is 7.89. The van der Waals surface area contributed by atoms with E-state index in [1.54, 1.807) is 19.1 Å². The first-order valence-electron chi connectivity index (χ1n) is 15.0. The lowest BCUT2D eigenvalue weighted by atomic mass is 9.76. The molecule has 0 saturated carbocycles. The molecule has 2 saturated heterocycles. The largest absolute Gasteiger partial charge is 0.453 e. The molecule has 2 aliphatic heterocycles. The molecule has 1 aromatic carbocycles. The third-order valence-electron chi connectivity index (χ3n) is 8.23. The minimum Gasteiger partial charge on any atom is -0.453 e. The van der Waals surface area contributed by atoms with Gasteiger partial charge in [0.05, 0.1) is 30.9 Å². The minimum atomic E-state index is -3.47. The first kappa shape index (κ1) is 33.7. The fourth-order valence-electron chi connectivity index (χ4n) is 6.08. The van der Waals surface area contributed by atoms with Gasteiger partial charge in [-0.05, 0) is 55.7 Å². The average Bonchev–Trinajstić information content (AvgIpc) is 3.02. The molecule has 0 bridgehead atoms. The summed E-state index contributed by atoms with van der Waals surface area (Å²) in [5, 5.41) is 8.62. The van der Waals surface area contributed by atoms with Gasteiger partial charge in [0.15, 0.2) is 0 Å². The number of methoxy groups -OCH3 is 1. The molecule has 0 aliphatic carbocycles. The van der Waals surface area contributed by atoms with Crippen molar-refractivity contribution in [1.29, 1.82) is 0 Å². The van der Waals surface area contributed by atoms with Crippen molar-refractivity contribution in [2.24, 2.45) is 5.92 Å². The van der Waals surface area contributed by atoms with Crippen molar-refractivity contribution in [2.75, 3.05) is 51.0 Å². The average molecular weight is 638 g/mol. The van der Waals surface area contributed by atoms with Crippen molar-refractivity contribution >= 4 is 27.7 Å². The Hall–Kier alpha value is -3.20. The molecule has 2 fully saturated rings. The number of nitrogens with one attached hydrogen (secondary N) is 3. The number of alkyl carbamates (subject to hydrolysis) is 1. The van der Waals surface area contributed by atoms with Crippen molar-refractivity contribution in [3.8, 4) is 0 Å². The number of pyridine rings is 1. The third kappa shape index (κ3) is 8.49. The van der Waals surface area contributed by atoms with Crippen LogP contribution in [-0.4, -0.2) is 87.5 Å². The number of sulfonamides is 1. The van der Waals surface area contributed by atoms with E-state index < -0.39 is 45.6 Å². The Morgan fingerprint density at radius 3 is 2.59 bits per heavy atom. The number of ether oxygens (including phenoxy) is 2. The highest BCUT2D eigenvalue weighted by Crippen LogP contribution is 2.36. The number of halogens is 2. The van der Waals surface area contributed by atoms with Gasteiger partial charge in [-0.1, -0.05) is 19.1 Å². The van der Waals surface area contributed by atoms with Gasteiger partial charge in [-0.2, -0.15) is 4.31 Å². The summed E-state index contributed by atoms with van der Waals surface area (Å²) < 4.78 is 66.7. The van der Waals surface area contributed by atoms with Crippen LogP contribution in [-0.2, 0) is 30.7 Å². The molecule has 1 unspecified atom stereocenters. The molecule has 14 heteroatoms. The zero-order chi connectivity index (χ0) is 31.7. The van der Waals surface area contributed by atoms with E-state index in [1.807, 2.05) is 0 Å². The van der Waals surface area contributed by atoms with E-state index in [9.17, 15) is 22.4 Å². The Kier molecular flexibility index (Phi) is 12.0. The number of nitrogens with zero attached hydrogens (tertiary/aromatic N) is 2. The Bertz CT molecular complexity index is 1370. The SMILES string of the molecule is CCCS(=O)(=O)N1CCNC[C@@H]1CCc1c(F)cncc1NC(=O)[C@@H](NC(=O)OC)C(c1ccc(F)cc1)C1CCOCC1. The predicted molar refractivity (Wildman–Crippen MR) is 161 cm³/mol. The maximum atomic E-state index is 15.2. The Labute approximate surface area is 257 Å². The van der Waals surface area contributed by atoms with Crippen LogP contribution in [0.5, 0.6) is 0 Å². The molecule has 44 heavy (non-hydrogen) atoms. The topological polar surface area (TPSA) is 139 Å². The van der Waals surface area contributed by atoms with Crippen LogP contribution in [0.4, 0.5) is 19.3 Å². The molecule has 0 radical (unpaired) electrons.